The van der Waals surface area contributed by atoms with Gasteiger partial charge < -0.3 is 19.3 Å². The molecule has 0 N–H and O–H groups in total. The van der Waals surface area contributed by atoms with Gasteiger partial charge in [0.1, 0.15) is 5.75 Å². The van der Waals surface area contributed by atoms with Crippen LogP contribution in [-0.2, 0) is 9.53 Å². The molecule has 4 rings (SSSR count). The molecule has 0 saturated carbocycles. The Balaban J connectivity index is 1.48. The molecule has 2 aromatic rings. The average molecular weight is 440 g/mol. The fourth-order valence-corrected chi connectivity index (χ4v) is 4.36. The molecule has 0 radical (unpaired) electrons. The van der Waals surface area contributed by atoms with Crippen molar-refractivity contribution in [1.82, 2.24) is 19.8 Å². The Labute approximate surface area is 190 Å². The fraction of sp³-hybridized carbons (Fsp3) is 0.542. The number of piperidine rings is 1. The number of aromatic nitrogens is 2. The van der Waals surface area contributed by atoms with E-state index in [4.69, 9.17) is 14.5 Å². The van der Waals surface area contributed by atoms with Gasteiger partial charge in [-0.3, -0.25) is 9.69 Å². The van der Waals surface area contributed by atoms with Crippen molar-refractivity contribution in [2.75, 3.05) is 72.0 Å². The van der Waals surface area contributed by atoms with E-state index in [1.54, 1.807) is 7.11 Å². The second-order valence-corrected chi connectivity index (χ2v) is 8.64. The van der Waals surface area contributed by atoms with Gasteiger partial charge in [-0.25, -0.2) is 9.97 Å². The minimum atomic E-state index is 0.220. The summed E-state index contributed by atoms with van der Waals surface area (Å²) in [5, 5.41) is 0. The minimum Gasteiger partial charge on any atom is -0.497 e. The van der Waals surface area contributed by atoms with E-state index in [1.165, 1.54) is 0 Å². The predicted octanol–water partition coefficient (Wildman–Crippen LogP) is 2.26. The van der Waals surface area contributed by atoms with E-state index in [-0.39, 0.29) is 5.91 Å². The van der Waals surface area contributed by atoms with Crippen LogP contribution < -0.4 is 9.64 Å². The van der Waals surface area contributed by atoms with Crippen molar-refractivity contribution in [3.63, 3.8) is 0 Å². The summed E-state index contributed by atoms with van der Waals surface area (Å²) in [6, 6.07) is 8.03. The van der Waals surface area contributed by atoms with Crippen molar-refractivity contribution >= 4 is 11.9 Å². The molecule has 0 bridgehead atoms. The molecule has 1 aromatic heterocycles. The number of carbonyl (C=O) groups is 1. The Hall–Kier alpha value is -2.71. The van der Waals surface area contributed by atoms with Gasteiger partial charge in [0, 0.05) is 58.0 Å². The molecule has 32 heavy (non-hydrogen) atoms. The number of carbonyl (C=O) groups excluding carboxylic acids is 1. The van der Waals surface area contributed by atoms with Crippen molar-refractivity contribution in [3.8, 4) is 16.9 Å². The highest BCUT2D eigenvalue weighted by Crippen LogP contribution is 2.35. The van der Waals surface area contributed by atoms with E-state index in [2.05, 4.69) is 22.0 Å². The molecule has 8 nitrogen and oxygen atoms in total. The van der Waals surface area contributed by atoms with Crippen LogP contribution in [0.1, 0.15) is 24.5 Å². The first kappa shape index (κ1) is 22.5. The lowest BCUT2D eigenvalue weighted by Gasteiger charge is -2.34. The molecule has 3 heterocycles. The van der Waals surface area contributed by atoms with Gasteiger partial charge in [-0.2, -0.15) is 0 Å². The molecule has 0 unspecified atom stereocenters. The number of hydrogen-bond acceptors (Lipinski definition) is 7. The van der Waals surface area contributed by atoms with Crippen molar-refractivity contribution in [2.24, 2.45) is 0 Å². The molecule has 2 saturated heterocycles. The maximum absolute atomic E-state index is 12.8. The van der Waals surface area contributed by atoms with Crippen LogP contribution in [0.15, 0.2) is 30.5 Å². The average Bonchev–Trinajstić information content (AvgIpc) is 2.84. The zero-order valence-corrected chi connectivity index (χ0v) is 19.3. The molecule has 8 heteroatoms. The highest BCUT2D eigenvalue weighted by atomic mass is 16.5. The van der Waals surface area contributed by atoms with Crippen molar-refractivity contribution in [1.29, 1.82) is 0 Å². The number of anilines is 1. The summed E-state index contributed by atoms with van der Waals surface area (Å²) < 4.78 is 10.7. The first-order valence-electron chi connectivity index (χ1n) is 11.3. The summed E-state index contributed by atoms with van der Waals surface area (Å²) in [5.41, 5.74) is 3.20. The summed E-state index contributed by atoms with van der Waals surface area (Å²) in [7, 11) is 5.59. The molecule has 1 aromatic carbocycles. The Bertz CT molecular complexity index is 904. The maximum Gasteiger partial charge on any atom is 0.236 e. The first-order valence-corrected chi connectivity index (χ1v) is 11.3. The van der Waals surface area contributed by atoms with Crippen LogP contribution in [0.3, 0.4) is 0 Å². The molecule has 172 valence electrons. The molecule has 1 amide bonds. The number of morpholine rings is 1. The summed E-state index contributed by atoms with van der Waals surface area (Å²) >= 11 is 0. The molecule has 2 aliphatic heterocycles. The quantitative estimate of drug-likeness (QED) is 0.684. The molecule has 2 fully saturated rings. The zero-order chi connectivity index (χ0) is 22.5. The number of nitrogens with zero attached hydrogens (tertiary/aromatic N) is 5. The van der Waals surface area contributed by atoms with Gasteiger partial charge in [-0.15, -0.1) is 0 Å². The molecule has 0 atom stereocenters. The van der Waals surface area contributed by atoms with Gasteiger partial charge in [-0.1, -0.05) is 12.1 Å². The van der Waals surface area contributed by atoms with Crippen LogP contribution in [0, 0.1) is 0 Å². The van der Waals surface area contributed by atoms with Gasteiger partial charge in [0.2, 0.25) is 11.9 Å². The Morgan fingerprint density at radius 3 is 2.44 bits per heavy atom. The summed E-state index contributed by atoms with van der Waals surface area (Å²) in [4.78, 5) is 28.4. The monoisotopic (exact) mass is 439 g/mol. The first-order chi connectivity index (χ1) is 15.5. The SMILES string of the molecule is COc1ccc(-c2cnc(N(C)C)nc2C2CCN(C(=O)CN3CCOCC3)CC2)cc1. The van der Waals surface area contributed by atoms with Gasteiger partial charge in [0.15, 0.2) is 0 Å². The number of likely N-dealkylation sites (tertiary alicyclic amines) is 1. The lowest BCUT2D eigenvalue weighted by Crippen LogP contribution is -2.46. The lowest BCUT2D eigenvalue weighted by atomic mass is 9.89. The van der Waals surface area contributed by atoms with Gasteiger partial charge in [-0.05, 0) is 30.5 Å². The fourth-order valence-electron chi connectivity index (χ4n) is 4.36. The van der Waals surface area contributed by atoms with Crippen LogP contribution in [0.4, 0.5) is 5.95 Å². The van der Waals surface area contributed by atoms with Crippen LogP contribution in [-0.4, -0.2) is 92.8 Å². The van der Waals surface area contributed by atoms with E-state index >= 15 is 0 Å². The Kier molecular flexibility index (Phi) is 7.22. The zero-order valence-electron chi connectivity index (χ0n) is 19.3. The number of benzene rings is 1. The smallest absolute Gasteiger partial charge is 0.236 e. The molecular weight excluding hydrogens is 406 g/mol. The Morgan fingerprint density at radius 1 is 1.12 bits per heavy atom. The van der Waals surface area contributed by atoms with E-state index in [9.17, 15) is 4.79 Å². The topological polar surface area (TPSA) is 71.0 Å². The molecular formula is C24H33N5O3. The van der Waals surface area contributed by atoms with Crippen LogP contribution in [0.2, 0.25) is 0 Å². The third-order valence-corrected chi connectivity index (χ3v) is 6.30. The normalized spacial score (nSPS) is 17.9. The third-order valence-electron chi connectivity index (χ3n) is 6.30. The molecule has 2 aliphatic rings. The number of amides is 1. The largest absolute Gasteiger partial charge is 0.497 e. The number of hydrogen-bond donors (Lipinski definition) is 0. The second kappa shape index (κ2) is 10.3. The standard InChI is InChI=1S/C24H33N5O3/c1-27(2)24-25-16-21(18-4-6-20(31-3)7-5-18)23(26-24)19-8-10-29(11-9-19)22(30)17-28-12-14-32-15-13-28/h4-7,16,19H,8-15,17H2,1-3H3. The number of methoxy groups -OCH3 is 1. The number of rotatable bonds is 6. The van der Waals surface area contributed by atoms with E-state index in [0.29, 0.717) is 31.6 Å². The van der Waals surface area contributed by atoms with Gasteiger partial charge >= 0.3 is 0 Å². The summed E-state index contributed by atoms with van der Waals surface area (Å²) in [6.07, 6.45) is 3.74. The molecule has 0 spiro atoms. The highest BCUT2D eigenvalue weighted by molar-refractivity contribution is 5.78. The summed E-state index contributed by atoms with van der Waals surface area (Å²) in [5.74, 6) is 2.05. The Morgan fingerprint density at radius 2 is 1.81 bits per heavy atom. The van der Waals surface area contributed by atoms with Crippen LogP contribution >= 0.6 is 0 Å². The highest BCUT2D eigenvalue weighted by Gasteiger charge is 2.28. The van der Waals surface area contributed by atoms with E-state index < -0.39 is 0 Å². The molecule has 0 aliphatic carbocycles. The van der Waals surface area contributed by atoms with E-state index in [0.717, 1.165) is 61.6 Å². The van der Waals surface area contributed by atoms with Crippen molar-refractivity contribution in [3.05, 3.63) is 36.2 Å². The van der Waals surface area contributed by atoms with Crippen LogP contribution in [0.5, 0.6) is 5.75 Å². The van der Waals surface area contributed by atoms with E-state index in [1.807, 2.05) is 42.2 Å². The van der Waals surface area contributed by atoms with Crippen molar-refractivity contribution < 1.29 is 14.3 Å². The van der Waals surface area contributed by atoms with Gasteiger partial charge in [0.05, 0.1) is 32.6 Å². The van der Waals surface area contributed by atoms with Gasteiger partial charge in [0.25, 0.3) is 0 Å². The summed E-state index contributed by atoms with van der Waals surface area (Å²) in [6.45, 7) is 5.11. The van der Waals surface area contributed by atoms with Crippen LogP contribution in [0.25, 0.3) is 11.1 Å². The minimum absolute atomic E-state index is 0.220. The predicted molar refractivity (Wildman–Crippen MR) is 124 cm³/mol. The lowest BCUT2D eigenvalue weighted by molar-refractivity contribution is -0.134. The maximum atomic E-state index is 12.8. The number of ether oxygens (including phenoxy) is 2. The van der Waals surface area contributed by atoms with Crippen molar-refractivity contribution in [2.45, 2.75) is 18.8 Å². The second-order valence-electron chi connectivity index (χ2n) is 8.64. The third kappa shape index (κ3) is 5.19.